The van der Waals surface area contributed by atoms with Crippen LogP contribution in [-0.4, -0.2) is 37.8 Å². The third-order valence-electron chi connectivity index (χ3n) is 4.19. The summed E-state index contributed by atoms with van der Waals surface area (Å²) in [4.78, 5) is 0.342. The molecular weight excluding hydrogens is 288 g/mol. The molecule has 0 radical (unpaired) electrons. The summed E-state index contributed by atoms with van der Waals surface area (Å²) < 4.78 is 29.8. The fourth-order valence-electron chi connectivity index (χ4n) is 2.61. The molecule has 2 rings (SSSR count). The average Bonchev–Trinajstić information content (AvgIpc) is 2.80. The number of aryl methyl sites for hydroxylation is 2. The van der Waals surface area contributed by atoms with Gasteiger partial charge in [-0.2, -0.15) is 5.10 Å². The van der Waals surface area contributed by atoms with Crippen LogP contribution in [0, 0.1) is 19.3 Å². The molecule has 1 aromatic heterocycles. The molecule has 1 aliphatic carbocycles. The summed E-state index contributed by atoms with van der Waals surface area (Å²) in [6.45, 7) is 9.33. The zero-order chi connectivity index (χ0) is 15.8. The third-order valence-corrected chi connectivity index (χ3v) is 5.91. The van der Waals surface area contributed by atoms with Crippen LogP contribution in [0.1, 0.15) is 38.1 Å². The first kappa shape index (κ1) is 16.5. The molecule has 1 atom stereocenters. The highest BCUT2D eigenvalue weighted by molar-refractivity contribution is 7.89. The summed E-state index contributed by atoms with van der Waals surface area (Å²) in [5.74, 6) is 0. The van der Waals surface area contributed by atoms with E-state index in [1.54, 1.807) is 11.6 Å². The Kier molecular flexibility index (Phi) is 4.46. The van der Waals surface area contributed by atoms with Gasteiger partial charge in [0.25, 0.3) is 0 Å². The maximum atomic E-state index is 12.6. The molecular formula is C14H26N4O2S. The molecule has 0 aliphatic heterocycles. The Morgan fingerprint density at radius 3 is 2.52 bits per heavy atom. The van der Waals surface area contributed by atoms with Crippen LogP contribution in [-0.2, 0) is 16.6 Å². The lowest BCUT2D eigenvalue weighted by Gasteiger charge is -2.09. The van der Waals surface area contributed by atoms with Gasteiger partial charge in [0, 0.05) is 12.6 Å². The molecule has 1 heterocycles. The molecule has 120 valence electrons. The van der Waals surface area contributed by atoms with Crippen LogP contribution in [0.2, 0.25) is 0 Å². The minimum absolute atomic E-state index is 0.0361. The number of nitrogens with zero attached hydrogens (tertiary/aromatic N) is 2. The minimum atomic E-state index is -3.49. The second kappa shape index (κ2) is 5.70. The van der Waals surface area contributed by atoms with E-state index >= 15 is 0 Å². The lowest BCUT2D eigenvalue weighted by atomic mass is 10.2. The molecule has 0 bridgehead atoms. The van der Waals surface area contributed by atoms with E-state index in [-0.39, 0.29) is 11.5 Å². The van der Waals surface area contributed by atoms with E-state index in [2.05, 4.69) is 29.0 Å². The van der Waals surface area contributed by atoms with Gasteiger partial charge in [-0.1, -0.05) is 13.8 Å². The fraction of sp³-hybridized carbons (Fsp3) is 0.786. The van der Waals surface area contributed by atoms with Crippen molar-refractivity contribution in [2.45, 2.75) is 58.0 Å². The number of aromatic nitrogens is 2. The Bertz CT molecular complexity index is 619. The Morgan fingerprint density at radius 2 is 2.00 bits per heavy atom. The Balaban J connectivity index is 2.19. The van der Waals surface area contributed by atoms with Gasteiger partial charge in [-0.05, 0) is 45.7 Å². The highest BCUT2D eigenvalue weighted by atomic mass is 32.2. The van der Waals surface area contributed by atoms with Crippen molar-refractivity contribution in [2.75, 3.05) is 13.6 Å². The van der Waals surface area contributed by atoms with E-state index < -0.39 is 10.0 Å². The second-order valence-corrected chi connectivity index (χ2v) is 8.20. The van der Waals surface area contributed by atoms with Crippen LogP contribution in [0.4, 0.5) is 0 Å². The highest BCUT2D eigenvalue weighted by Gasteiger charge is 2.48. The molecule has 0 aromatic carbocycles. The summed E-state index contributed by atoms with van der Waals surface area (Å²) in [6.07, 6.45) is 1.81. The summed E-state index contributed by atoms with van der Waals surface area (Å²) in [5, 5.41) is 7.46. The van der Waals surface area contributed by atoms with Gasteiger partial charge in [-0.25, -0.2) is 13.1 Å². The van der Waals surface area contributed by atoms with Crippen LogP contribution >= 0.6 is 0 Å². The molecule has 1 aromatic rings. The smallest absolute Gasteiger partial charge is 0.244 e. The number of rotatable bonds is 7. The highest BCUT2D eigenvalue weighted by Crippen LogP contribution is 2.45. The van der Waals surface area contributed by atoms with Gasteiger partial charge in [-0.3, -0.25) is 4.68 Å². The van der Waals surface area contributed by atoms with E-state index in [9.17, 15) is 8.42 Å². The van der Waals surface area contributed by atoms with E-state index in [1.165, 1.54) is 0 Å². The van der Waals surface area contributed by atoms with Crippen molar-refractivity contribution in [3.05, 3.63) is 11.4 Å². The van der Waals surface area contributed by atoms with E-state index in [0.717, 1.165) is 31.6 Å². The van der Waals surface area contributed by atoms with Crippen molar-refractivity contribution < 1.29 is 8.42 Å². The quantitative estimate of drug-likeness (QED) is 0.741. The topological polar surface area (TPSA) is 76.0 Å². The van der Waals surface area contributed by atoms with E-state index in [1.807, 2.05) is 14.0 Å². The lowest BCUT2D eigenvalue weighted by Crippen LogP contribution is -2.29. The Labute approximate surface area is 127 Å². The zero-order valence-corrected chi connectivity index (χ0v) is 14.3. The molecule has 0 spiro atoms. The van der Waals surface area contributed by atoms with Gasteiger partial charge in [0.05, 0.1) is 11.4 Å². The van der Waals surface area contributed by atoms with Gasteiger partial charge in [0.1, 0.15) is 4.90 Å². The van der Waals surface area contributed by atoms with Crippen molar-refractivity contribution in [2.24, 2.45) is 5.41 Å². The predicted molar refractivity (Wildman–Crippen MR) is 82.8 cm³/mol. The Morgan fingerprint density at radius 1 is 1.38 bits per heavy atom. The zero-order valence-electron chi connectivity index (χ0n) is 13.5. The van der Waals surface area contributed by atoms with Crippen LogP contribution in [0.3, 0.4) is 0 Å². The van der Waals surface area contributed by atoms with Crippen LogP contribution in [0.15, 0.2) is 4.90 Å². The number of sulfonamides is 1. The molecule has 7 heteroatoms. The molecule has 0 saturated heterocycles. The molecule has 6 nitrogen and oxygen atoms in total. The standard InChI is InChI=1S/C14H26N4O2S/c1-10-13(11(2)18(16-10)8-6-7-15-5)21(19,20)17-12-9-14(12,3)4/h12,15,17H,6-9H2,1-5H3. The molecule has 1 unspecified atom stereocenters. The van der Waals surface area contributed by atoms with Crippen LogP contribution in [0.25, 0.3) is 0 Å². The normalized spacial score (nSPS) is 20.7. The van der Waals surface area contributed by atoms with E-state index in [0.29, 0.717) is 10.6 Å². The summed E-state index contributed by atoms with van der Waals surface area (Å²) >= 11 is 0. The van der Waals surface area contributed by atoms with Crippen LogP contribution < -0.4 is 10.0 Å². The van der Waals surface area contributed by atoms with Gasteiger partial charge >= 0.3 is 0 Å². The first-order valence-corrected chi connectivity index (χ1v) is 8.88. The summed E-state index contributed by atoms with van der Waals surface area (Å²) in [7, 11) is -1.59. The molecule has 1 saturated carbocycles. The first-order chi connectivity index (χ1) is 9.69. The minimum Gasteiger partial charge on any atom is -0.320 e. The van der Waals surface area contributed by atoms with Crippen molar-refractivity contribution in [1.29, 1.82) is 0 Å². The molecule has 1 aliphatic rings. The van der Waals surface area contributed by atoms with Gasteiger partial charge in [0.2, 0.25) is 10.0 Å². The first-order valence-electron chi connectivity index (χ1n) is 7.40. The molecule has 1 fully saturated rings. The SMILES string of the molecule is CNCCCn1nc(C)c(S(=O)(=O)NC2CC2(C)C)c1C. The molecule has 0 amide bonds. The van der Waals surface area contributed by atoms with Crippen molar-refractivity contribution >= 4 is 10.0 Å². The van der Waals surface area contributed by atoms with Gasteiger partial charge in [0.15, 0.2) is 0 Å². The number of hydrogen-bond acceptors (Lipinski definition) is 4. The molecule has 2 N–H and O–H groups in total. The second-order valence-electron chi connectivity index (χ2n) is 6.55. The van der Waals surface area contributed by atoms with E-state index in [4.69, 9.17) is 0 Å². The maximum absolute atomic E-state index is 12.6. The fourth-order valence-corrected chi connectivity index (χ4v) is 4.43. The van der Waals surface area contributed by atoms with Crippen molar-refractivity contribution in [3.63, 3.8) is 0 Å². The van der Waals surface area contributed by atoms with Crippen LogP contribution in [0.5, 0.6) is 0 Å². The van der Waals surface area contributed by atoms with Gasteiger partial charge in [-0.15, -0.1) is 0 Å². The predicted octanol–water partition coefficient (Wildman–Crippen LogP) is 1.19. The van der Waals surface area contributed by atoms with Crippen molar-refractivity contribution in [3.8, 4) is 0 Å². The summed E-state index contributed by atoms with van der Waals surface area (Å²) in [5.41, 5.74) is 1.36. The Hall–Kier alpha value is -0.920. The third kappa shape index (κ3) is 3.46. The largest absolute Gasteiger partial charge is 0.320 e. The maximum Gasteiger partial charge on any atom is 0.244 e. The average molecular weight is 314 g/mol. The number of hydrogen-bond donors (Lipinski definition) is 2. The van der Waals surface area contributed by atoms with Gasteiger partial charge < -0.3 is 5.32 Å². The molecule has 21 heavy (non-hydrogen) atoms. The summed E-state index contributed by atoms with van der Waals surface area (Å²) in [6, 6.07) is 0.0361. The lowest BCUT2D eigenvalue weighted by molar-refractivity contribution is 0.543. The monoisotopic (exact) mass is 314 g/mol. The number of nitrogens with one attached hydrogen (secondary N) is 2. The van der Waals surface area contributed by atoms with Crippen molar-refractivity contribution in [1.82, 2.24) is 19.8 Å².